The number of carbonyl (C=O) groups is 1. The maximum Gasteiger partial charge on any atom is 0.313 e. The molecule has 1 aliphatic heterocycles. The van der Waals surface area contributed by atoms with E-state index < -0.39 is 42.6 Å². The van der Waals surface area contributed by atoms with Crippen LogP contribution < -0.4 is 0 Å². The highest BCUT2D eigenvalue weighted by Crippen LogP contribution is 2.32. The Balaban J connectivity index is 1.32. The van der Waals surface area contributed by atoms with Gasteiger partial charge in [-0.25, -0.2) is 0 Å². The molecule has 6 atom stereocenters. The maximum atomic E-state index is 12.5. The zero-order valence-corrected chi connectivity index (χ0v) is 28.4. The second-order valence-electron chi connectivity index (χ2n) is 12.5. The fourth-order valence-electron chi connectivity index (χ4n) is 6.07. The van der Waals surface area contributed by atoms with E-state index in [4.69, 9.17) is 28.4 Å². The lowest BCUT2D eigenvalue weighted by atomic mass is 9.97. The summed E-state index contributed by atoms with van der Waals surface area (Å²) in [6.07, 6.45) is -3.73. The van der Waals surface area contributed by atoms with Crippen molar-refractivity contribution >= 4 is 5.97 Å². The molecule has 1 heterocycles. The highest BCUT2D eigenvalue weighted by atomic mass is 16.7. The Morgan fingerprint density at radius 3 is 1.41 bits per heavy atom. The van der Waals surface area contributed by atoms with E-state index in [1.54, 1.807) is 12.1 Å². The highest BCUT2D eigenvalue weighted by Gasteiger charge is 2.49. The molecule has 0 spiro atoms. The van der Waals surface area contributed by atoms with Crippen molar-refractivity contribution < 1.29 is 38.3 Å². The second kappa shape index (κ2) is 19.1. The summed E-state index contributed by atoms with van der Waals surface area (Å²) in [7, 11) is 0. The Morgan fingerprint density at radius 2 is 0.941 bits per heavy atom. The van der Waals surface area contributed by atoms with Crippen LogP contribution in [0.2, 0.25) is 0 Å². The minimum atomic E-state index is -0.998. The molecule has 51 heavy (non-hydrogen) atoms. The van der Waals surface area contributed by atoms with Gasteiger partial charge < -0.3 is 33.5 Å². The summed E-state index contributed by atoms with van der Waals surface area (Å²) in [5.41, 5.74) is 4.59. The van der Waals surface area contributed by atoms with E-state index in [0.29, 0.717) is 18.8 Å². The third-order valence-corrected chi connectivity index (χ3v) is 8.77. The molecular formula is C43H44O8. The molecule has 6 rings (SSSR count). The van der Waals surface area contributed by atoms with Crippen LogP contribution in [-0.4, -0.2) is 55.0 Å². The number of rotatable bonds is 18. The quantitative estimate of drug-likeness (QED) is 0.101. The zero-order chi connectivity index (χ0) is 35.1. The van der Waals surface area contributed by atoms with E-state index in [1.807, 2.05) is 140 Å². The summed E-state index contributed by atoms with van der Waals surface area (Å²) >= 11 is 0. The Kier molecular flexibility index (Phi) is 13.5. The van der Waals surface area contributed by atoms with Crippen molar-refractivity contribution in [3.63, 3.8) is 0 Å². The third kappa shape index (κ3) is 10.7. The smallest absolute Gasteiger partial charge is 0.313 e. The lowest BCUT2D eigenvalue weighted by Crippen LogP contribution is -2.62. The fourth-order valence-corrected chi connectivity index (χ4v) is 6.07. The molecule has 1 saturated heterocycles. The van der Waals surface area contributed by atoms with Gasteiger partial charge in [-0.1, -0.05) is 152 Å². The lowest BCUT2D eigenvalue weighted by Gasteiger charge is -2.46. The predicted molar refractivity (Wildman–Crippen MR) is 193 cm³/mol. The minimum Gasteiger partial charge on any atom is -0.481 e. The number of carboxylic acid groups (broad SMARTS) is 1. The van der Waals surface area contributed by atoms with Crippen LogP contribution >= 0.6 is 0 Å². The Hall–Kier alpha value is -4.67. The summed E-state index contributed by atoms with van der Waals surface area (Å²) in [5.74, 6) is -1.92. The van der Waals surface area contributed by atoms with Gasteiger partial charge in [0.15, 0.2) is 6.29 Å². The van der Waals surface area contributed by atoms with Gasteiger partial charge in [0.05, 0.1) is 39.6 Å². The van der Waals surface area contributed by atoms with Crippen LogP contribution in [0.4, 0.5) is 0 Å². The van der Waals surface area contributed by atoms with Gasteiger partial charge in [-0.2, -0.15) is 0 Å². The highest BCUT2D eigenvalue weighted by molar-refractivity contribution is 5.76. The van der Waals surface area contributed by atoms with Gasteiger partial charge in [0.1, 0.15) is 30.3 Å². The first kappa shape index (κ1) is 36.1. The number of hydrogen-bond acceptors (Lipinski definition) is 7. The maximum absolute atomic E-state index is 12.5. The third-order valence-electron chi connectivity index (χ3n) is 8.77. The molecule has 0 aliphatic carbocycles. The Morgan fingerprint density at radius 1 is 0.529 bits per heavy atom. The van der Waals surface area contributed by atoms with Crippen molar-refractivity contribution in [1.29, 1.82) is 0 Å². The molecule has 5 aromatic rings. The van der Waals surface area contributed by atoms with Crippen molar-refractivity contribution in [1.82, 2.24) is 0 Å². The molecule has 0 radical (unpaired) electrons. The molecule has 0 saturated carbocycles. The monoisotopic (exact) mass is 688 g/mol. The first-order chi connectivity index (χ1) is 25.1. The summed E-state index contributed by atoms with van der Waals surface area (Å²) in [4.78, 5) is 12.5. The standard InChI is InChI=1S/C43H44O8/c44-42(45)37(36-24-14-5-15-25-36)30-50-43-41(49-29-35-22-12-4-13-23-35)40(48-28-34-20-10-3-11-21-34)39(47-27-33-18-8-2-9-19-33)38(51-43)31-46-26-32-16-6-1-7-17-32/h1-25,37-41,43H,26-31H2,(H,44,45)/t37?,38-,39-,40+,41+,43-/m1/s1. The number of aliphatic carboxylic acids is 1. The minimum absolute atomic E-state index is 0.145. The van der Waals surface area contributed by atoms with Gasteiger partial charge in [0, 0.05) is 0 Å². The van der Waals surface area contributed by atoms with Crippen LogP contribution in [0.25, 0.3) is 0 Å². The fraction of sp³-hybridized carbons (Fsp3) is 0.279. The molecule has 1 aliphatic rings. The van der Waals surface area contributed by atoms with Crippen LogP contribution in [0.3, 0.4) is 0 Å². The molecule has 0 bridgehead atoms. The molecule has 0 aromatic heterocycles. The van der Waals surface area contributed by atoms with Crippen LogP contribution in [-0.2, 0) is 59.6 Å². The van der Waals surface area contributed by atoms with Crippen molar-refractivity contribution in [2.45, 2.75) is 63.1 Å². The van der Waals surface area contributed by atoms with E-state index in [9.17, 15) is 9.90 Å². The van der Waals surface area contributed by atoms with E-state index >= 15 is 0 Å². The van der Waals surface area contributed by atoms with Gasteiger partial charge in [0.2, 0.25) is 0 Å². The number of ether oxygens (including phenoxy) is 6. The van der Waals surface area contributed by atoms with Crippen molar-refractivity contribution in [2.24, 2.45) is 0 Å². The summed E-state index contributed by atoms with van der Waals surface area (Å²) in [5, 5.41) is 10.2. The molecule has 264 valence electrons. The molecule has 8 heteroatoms. The molecule has 0 amide bonds. The molecule has 1 N–H and O–H groups in total. The van der Waals surface area contributed by atoms with Gasteiger partial charge in [0.25, 0.3) is 0 Å². The van der Waals surface area contributed by atoms with Crippen LogP contribution in [0.15, 0.2) is 152 Å². The molecule has 5 aromatic carbocycles. The first-order valence-corrected chi connectivity index (χ1v) is 17.3. The van der Waals surface area contributed by atoms with E-state index in [0.717, 1.165) is 22.3 Å². The number of hydrogen-bond donors (Lipinski definition) is 1. The van der Waals surface area contributed by atoms with E-state index in [2.05, 4.69) is 0 Å². The van der Waals surface area contributed by atoms with Gasteiger partial charge in [-0.05, 0) is 27.8 Å². The summed E-state index contributed by atoms with van der Waals surface area (Å²) < 4.78 is 39.5. The SMILES string of the molecule is O=C(O)C(CO[C@@H]1O[C@H](COCc2ccccc2)[C@@H](OCc2ccccc2)[C@H](OCc2ccccc2)[C@@H]1OCc1ccccc1)c1ccccc1. The number of benzene rings is 5. The molecular weight excluding hydrogens is 644 g/mol. The molecule has 1 unspecified atom stereocenters. The first-order valence-electron chi connectivity index (χ1n) is 17.3. The predicted octanol–water partition coefficient (Wildman–Crippen LogP) is 7.57. The average Bonchev–Trinajstić information content (AvgIpc) is 3.18. The Labute approximate surface area is 299 Å². The van der Waals surface area contributed by atoms with Crippen molar-refractivity contribution in [3.05, 3.63) is 179 Å². The lowest BCUT2D eigenvalue weighted by molar-refractivity contribution is -0.328. The van der Waals surface area contributed by atoms with Gasteiger partial charge >= 0.3 is 5.97 Å². The average molecular weight is 689 g/mol. The van der Waals surface area contributed by atoms with Crippen LogP contribution in [0, 0.1) is 0 Å². The number of carboxylic acids is 1. The van der Waals surface area contributed by atoms with Crippen LogP contribution in [0.1, 0.15) is 33.7 Å². The normalized spacial score (nSPS) is 20.8. The van der Waals surface area contributed by atoms with E-state index in [1.165, 1.54) is 0 Å². The van der Waals surface area contributed by atoms with Gasteiger partial charge in [-0.3, -0.25) is 4.79 Å². The molecule has 8 nitrogen and oxygen atoms in total. The topological polar surface area (TPSA) is 92.7 Å². The summed E-state index contributed by atoms with van der Waals surface area (Å²) in [6, 6.07) is 48.6. The van der Waals surface area contributed by atoms with E-state index in [-0.39, 0.29) is 26.4 Å². The summed E-state index contributed by atoms with van der Waals surface area (Å²) in [6.45, 7) is 1.24. The van der Waals surface area contributed by atoms with Crippen molar-refractivity contribution in [2.75, 3.05) is 13.2 Å². The largest absolute Gasteiger partial charge is 0.481 e. The Bertz CT molecular complexity index is 1710. The van der Waals surface area contributed by atoms with Gasteiger partial charge in [-0.15, -0.1) is 0 Å². The molecule has 1 fully saturated rings. The van der Waals surface area contributed by atoms with Crippen LogP contribution in [0.5, 0.6) is 0 Å². The van der Waals surface area contributed by atoms with Crippen molar-refractivity contribution in [3.8, 4) is 0 Å². The second-order valence-corrected chi connectivity index (χ2v) is 12.5. The zero-order valence-electron chi connectivity index (χ0n) is 28.4.